The summed E-state index contributed by atoms with van der Waals surface area (Å²) >= 11 is 8.95. The van der Waals surface area contributed by atoms with Gasteiger partial charge in [-0.15, -0.1) is 22.7 Å². The van der Waals surface area contributed by atoms with E-state index in [1.165, 1.54) is 16.2 Å². The Bertz CT molecular complexity index is 603. The maximum absolute atomic E-state index is 12.2. The molecule has 6 heteroatoms. The van der Waals surface area contributed by atoms with Gasteiger partial charge in [0.25, 0.3) is 5.91 Å². The Kier molecular flexibility index (Phi) is 4.64. The number of hydrogen-bond acceptors (Lipinski definition) is 4. The van der Waals surface area contributed by atoms with Gasteiger partial charge in [-0.1, -0.05) is 17.7 Å². The first-order valence-corrected chi connectivity index (χ1v) is 8.92. The molecule has 3 rings (SSSR count). The van der Waals surface area contributed by atoms with Gasteiger partial charge in [0.05, 0.1) is 9.21 Å². The Morgan fingerprint density at radius 3 is 2.76 bits per heavy atom. The van der Waals surface area contributed by atoms with Crippen LogP contribution in [0, 0.1) is 0 Å². The number of rotatable bonds is 4. The smallest absolute Gasteiger partial charge is 0.261 e. The van der Waals surface area contributed by atoms with Gasteiger partial charge in [-0.05, 0) is 36.4 Å². The summed E-state index contributed by atoms with van der Waals surface area (Å²) < 4.78 is 6.13. The van der Waals surface area contributed by atoms with Crippen LogP contribution in [-0.2, 0) is 10.2 Å². The highest BCUT2D eigenvalue weighted by atomic mass is 35.5. The van der Waals surface area contributed by atoms with Gasteiger partial charge >= 0.3 is 0 Å². The number of thiophene rings is 2. The molecule has 1 aliphatic heterocycles. The fraction of sp³-hybridized carbons (Fsp3) is 0.400. The van der Waals surface area contributed by atoms with Gasteiger partial charge in [0.15, 0.2) is 0 Å². The van der Waals surface area contributed by atoms with Gasteiger partial charge in [0.1, 0.15) is 0 Å². The first kappa shape index (κ1) is 15.0. The van der Waals surface area contributed by atoms with Crippen LogP contribution >= 0.6 is 34.3 Å². The van der Waals surface area contributed by atoms with Gasteiger partial charge in [-0.3, -0.25) is 4.79 Å². The third-order valence-electron chi connectivity index (χ3n) is 3.88. The molecule has 3 heterocycles. The van der Waals surface area contributed by atoms with E-state index in [2.05, 4.69) is 22.8 Å². The highest BCUT2D eigenvalue weighted by Crippen LogP contribution is 2.37. The molecular weight excluding hydrogens is 326 g/mol. The van der Waals surface area contributed by atoms with Crippen LogP contribution in [0.5, 0.6) is 0 Å². The lowest BCUT2D eigenvalue weighted by atomic mass is 9.78. The van der Waals surface area contributed by atoms with Crippen LogP contribution in [0.15, 0.2) is 29.6 Å². The molecule has 0 saturated carbocycles. The molecule has 1 fully saturated rings. The highest BCUT2D eigenvalue weighted by molar-refractivity contribution is 7.18. The number of ether oxygens (including phenoxy) is 1. The fourth-order valence-electron chi connectivity index (χ4n) is 2.63. The number of hydrogen-bond donors (Lipinski definition) is 1. The van der Waals surface area contributed by atoms with Crippen molar-refractivity contribution in [1.82, 2.24) is 5.32 Å². The highest BCUT2D eigenvalue weighted by Gasteiger charge is 2.35. The molecule has 1 saturated heterocycles. The molecule has 1 amide bonds. The minimum absolute atomic E-state index is 0.00311. The molecule has 1 aliphatic rings. The second kappa shape index (κ2) is 6.48. The molecule has 2 aromatic heterocycles. The maximum Gasteiger partial charge on any atom is 0.261 e. The van der Waals surface area contributed by atoms with Gasteiger partial charge < -0.3 is 10.1 Å². The molecule has 112 valence electrons. The molecular formula is C15H16ClNO2S2. The third-order valence-corrected chi connectivity index (χ3v) is 6.22. The Labute approximate surface area is 136 Å². The van der Waals surface area contributed by atoms with Gasteiger partial charge in [0, 0.05) is 30.1 Å². The van der Waals surface area contributed by atoms with Crippen molar-refractivity contribution in [3.05, 3.63) is 43.7 Å². The second-order valence-electron chi connectivity index (χ2n) is 5.16. The predicted octanol–water partition coefficient (Wildman–Crippen LogP) is 3.94. The van der Waals surface area contributed by atoms with Crippen molar-refractivity contribution in [3.8, 4) is 0 Å². The number of carbonyl (C=O) groups excluding carboxylic acids is 1. The largest absolute Gasteiger partial charge is 0.381 e. The van der Waals surface area contributed by atoms with E-state index in [0.717, 1.165) is 26.1 Å². The zero-order valence-electron chi connectivity index (χ0n) is 11.4. The van der Waals surface area contributed by atoms with E-state index in [1.54, 1.807) is 23.5 Å². The number of carbonyl (C=O) groups is 1. The monoisotopic (exact) mass is 341 g/mol. The van der Waals surface area contributed by atoms with Crippen molar-refractivity contribution in [2.45, 2.75) is 18.3 Å². The Morgan fingerprint density at radius 1 is 1.33 bits per heavy atom. The molecule has 0 unspecified atom stereocenters. The van der Waals surface area contributed by atoms with Crippen molar-refractivity contribution in [2.24, 2.45) is 0 Å². The van der Waals surface area contributed by atoms with Crippen LogP contribution in [0.2, 0.25) is 4.34 Å². The lowest BCUT2D eigenvalue weighted by molar-refractivity contribution is 0.0499. The Hall–Kier alpha value is -0.880. The minimum atomic E-state index is -0.0469. The first-order valence-electron chi connectivity index (χ1n) is 6.85. The summed E-state index contributed by atoms with van der Waals surface area (Å²) in [5, 5.41) is 5.17. The van der Waals surface area contributed by atoms with Gasteiger partial charge in [-0.2, -0.15) is 0 Å². The van der Waals surface area contributed by atoms with E-state index in [0.29, 0.717) is 15.8 Å². The quantitative estimate of drug-likeness (QED) is 0.914. The van der Waals surface area contributed by atoms with E-state index in [-0.39, 0.29) is 11.3 Å². The van der Waals surface area contributed by atoms with Crippen molar-refractivity contribution in [2.75, 3.05) is 19.8 Å². The summed E-state index contributed by atoms with van der Waals surface area (Å²) in [7, 11) is 0. The number of halogens is 1. The van der Waals surface area contributed by atoms with Crippen molar-refractivity contribution < 1.29 is 9.53 Å². The standard InChI is InChI=1S/C15H16ClNO2S2/c16-13-4-3-11(21-13)14(18)17-10-15(5-7-19-8-6-15)12-2-1-9-20-12/h1-4,9H,5-8,10H2,(H,17,18). The van der Waals surface area contributed by atoms with Gasteiger partial charge in [0.2, 0.25) is 0 Å². The molecule has 0 atom stereocenters. The predicted molar refractivity (Wildman–Crippen MR) is 87.7 cm³/mol. The molecule has 0 radical (unpaired) electrons. The zero-order valence-corrected chi connectivity index (χ0v) is 13.8. The molecule has 0 aliphatic carbocycles. The average Bonchev–Trinajstić information content (AvgIpc) is 3.17. The van der Waals surface area contributed by atoms with Gasteiger partial charge in [-0.25, -0.2) is 0 Å². The molecule has 3 nitrogen and oxygen atoms in total. The minimum Gasteiger partial charge on any atom is -0.381 e. The van der Waals surface area contributed by atoms with Crippen molar-refractivity contribution >= 4 is 40.2 Å². The second-order valence-corrected chi connectivity index (χ2v) is 7.82. The summed E-state index contributed by atoms with van der Waals surface area (Å²) in [6, 6.07) is 7.75. The molecule has 0 aromatic carbocycles. The SMILES string of the molecule is O=C(NCC1(c2cccs2)CCOCC1)c1ccc(Cl)s1. The van der Waals surface area contributed by atoms with Crippen LogP contribution < -0.4 is 5.32 Å². The van der Waals surface area contributed by atoms with E-state index >= 15 is 0 Å². The number of amides is 1. The summed E-state index contributed by atoms with van der Waals surface area (Å²) in [5.41, 5.74) is 0.00311. The summed E-state index contributed by atoms with van der Waals surface area (Å²) in [6.45, 7) is 2.14. The molecule has 21 heavy (non-hydrogen) atoms. The maximum atomic E-state index is 12.2. The van der Waals surface area contributed by atoms with E-state index in [1.807, 2.05) is 0 Å². The topological polar surface area (TPSA) is 38.3 Å². The van der Waals surface area contributed by atoms with E-state index in [4.69, 9.17) is 16.3 Å². The molecule has 2 aromatic rings. The third kappa shape index (κ3) is 3.31. The summed E-state index contributed by atoms with van der Waals surface area (Å²) in [5.74, 6) is -0.0469. The van der Waals surface area contributed by atoms with Crippen LogP contribution in [0.25, 0.3) is 0 Å². The van der Waals surface area contributed by atoms with E-state index in [9.17, 15) is 4.79 Å². The Balaban J connectivity index is 1.72. The average molecular weight is 342 g/mol. The molecule has 0 spiro atoms. The summed E-state index contributed by atoms with van der Waals surface area (Å²) in [6.07, 6.45) is 1.89. The molecule has 0 bridgehead atoms. The lowest BCUT2D eigenvalue weighted by Gasteiger charge is -2.36. The fourth-order valence-corrected chi connectivity index (χ4v) is 4.57. The van der Waals surface area contributed by atoms with Crippen LogP contribution in [-0.4, -0.2) is 25.7 Å². The molecule has 1 N–H and O–H groups in total. The van der Waals surface area contributed by atoms with Crippen LogP contribution in [0.3, 0.4) is 0 Å². The van der Waals surface area contributed by atoms with Crippen LogP contribution in [0.4, 0.5) is 0 Å². The Morgan fingerprint density at radius 2 is 2.14 bits per heavy atom. The number of nitrogens with one attached hydrogen (secondary N) is 1. The lowest BCUT2D eigenvalue weighted by Crippen LogP contribution is -2.44. The van der Waals surface area contributed by atoms with E-state index < -0.39 is 0 Å². The van der Waals surface area contributed by atoms with Crippen molar-refractivity contribution in [1.29, 1.82) is 0 Å². The van der Waals surface area contributed by atoms with Crippen LogP contribution in [0.1, 0.15) is 27.4 Å². The first-order chi connectivity index (χ1) is 10.2. The normalized spacial score (nSPS) is 17.6. The zero-order chi connectivity index (χ0) is 14.7. The van der Waals surface area contributed by atoms with Crippen molar-refractivity contribution in [3.63, 3.8) is 0 Å². The summed E-state index contributed by atoms with van der Waals surface area (Å²) in [4.78, 5) is 14.2.